The number of nitrogens with zero attached hydrogens (tertiary/aromatic N) is 2. The lowest BCUT2D eigenvalue weighted by atomic mass is 10.2. The van der Waals surface area contributed by atoms with Gasteiger partial charge in [0, 0.05) is 35.5 Å². The van der Waals surface area contributed by atoms with Gasteiger partial charge in [-0.05, 0) is 19.9 Å². The first kappa shape index (κ1) is 17.4. The van der Waals surface area contributed by atoms with Gasteiger partial charge in [0.15, 0.2) is 0 Å². The maximum atomic E-state index is 12.0. The van der Waals surface area contributed by atoms with E-state index >= 15 is 0 Å². The Bertz CT molecular complexity index is 747. The molecular formula is C17H23N3O2S. The summed E-state index contributed by atoms with van der Waals surface area (Å²) in [6, 6.07) is 5.11. The van der Waals surface area contributed by atoms with Crippen LogP contribution in [-0.2, 0) is 17.9 Å². The molecule has 5 nitrogen and oxygen atoms in total. The van der Waals surface area contributed by atoms with E-state index in [1.165, 1.54) is 6.07 Å². The maximum absolute atomic E-state index is 12.0. The topological polar surface area (TPSA) is 64.0 Å². The van der Waals surface area contributed by atoms with E-state index in [0.717, 1.165) is 21.3 Å². The SMILES string of the molecule is Cc1nc(C(C)C)sc1CNC(=O)CCn1c(C)cccc1=O. The van der Waals surface area contributed by atoms with Crippen LogP contribution < -0.4 is 10.9 Å². The average Bonchev–Trinajstić information content (AvgIpc) is 2.86. The van der Waals surface area contributed by atoms with Crippen LogP contribution >= 0.6 is 11.3 Å². The van der Waals surface area contributed by atoms with Gasteiger partial charge >= 0.3 is 0 Å². The predicted octanol–water partition coefficient (Wildman–Crippen LogP) is 2.75. The normalized spacial score (nSPS) is 11.0. The Morgan fingerprint density at radius 2 is 2.09 bits per heavy atom. The number of pyridine rings is 1. The number of carbonyl (C=O) groups is 1. The van der Waals surface area contributed by atoms with Crippen LogP contribution in [0.4, 0.5) is 0 Å². The zero-order valence-corrected chi connectivity index (χ0v) is 14.9. The standard InChI is InChI=1S/C17H23N3O2S/c1-11(2)17-19-13(4)14(23-17)10-18-15(21)8-9-20-12(3)6-5-7-16(20)22/h5-7,11H,8-10H2,1-4H3,(H,18,21). The van der Waals surface area contributed by atoms with Crippen LogP contribution in [0.1, 0.15) is 47.5 Å². The first-order valence-electron chi connectivity index (χ1n) is 7.78. The van der Waals surface area contributed by atoms with Crippen molar-refractivity contribution in [1.82, 2.24) is 14.9 Å². The van der Waals surface area contributed by atoms with Crippen molar-refractivity contribution in [1.29, 1.82) is 0 Å². The number of carbonyl (C=O) groups excluding carboxylic acids is 1. The van der Waals surface area contributed by atoms with Crippen molar-refractivity contribution in [2.24, 2.45) is 0 Å². The zero-order chi connectivity index (χ0) is 17.0. The van der Waals surface area contributed by atoms with Gasteiger partial charge in [-0.25, -0.2) is 4.98 Å². The van der Waals surface area contributed by atoms with Crippen molar-refractivity contribution in [3.63, 3.8) is 0 Å². The fourth-order valence-corrected chi connectivity index (χ4v) is 3.26. The van der Waals surface area contributed by atoms with Crippen molar-refractivity contribution in [3.8, 4) is 0 Å². The van der Waals surface area contributed by atoms with Gasteiger partial charge in [0.05, 0.1) is 17.2 Å². The second-order valence-corrected chi connectivity index (χ2v) is 7.01. The Balaban J connectivity index is 1.90. The predicted molar refractivity (Wildman–Crippen MR) is 92.8 cm³/mol. The van der Waals surface area contributed by atoms with Crippen molar-refractivity contribution in [3.05, 3.63) is 49.8 Å². The van der Waals surface area contributed by atoms with E-state index in [-0.39, 0.29) is 11.5 Å². The van der Waals surface area contributed by atoms with Gasteiger partial charge < -0.3 is 9.88 Å². The van der Waals surface area contributed by atoms with Gasteiger partial charge in [-0.15, -0.1) is 11.3 Å². The summed E-state index contributed by atoms with van der Waals surface area (Å²) in [7, 11) is 0. The molecular weight excluding hydrogens is 310 g/mol. The lowest BCUT2D eigenvalue weighted by Gasteiger charge is -2.09. The Kier molecular flexibility index (Phi) is 5.71. The molecule has 0 aromatic carbocycles. The van der Waals surface area contributed by atoms with Crippen LogP contribution in [-0.4, -0.2) is 15.5 Å². The number of hydrogen-bond acceptors (Lipinski definition) is 4. The highest BCUT2D eigenvalue weighted by Crippen LogP contribution is 2.24. The molecule has 0 fully saturated rings. The summed E-state index contributed by atoms with van der Waals surface area (Å²) in [5.41, 5.74) is 1.77. The van der Waals surface area contributed by atoms with Crippen LogP contribution in [0.5, 0.6) is 0 Å². The molecule has 0 saturated heterocycles. The maximum Gasteiger partial charge on any atom is 0.250 e. The first-order valence-corrected chi connectivity index (χ1v) is 8.59. The number of nitrogens with one attached hydrogen (secondary N) is 1. The highest BCUT2D eigenvalue weighted by Gasteiger charge is 2.11. The molecule has 0 aliphatic rings. The fourth-order valence-electron chi connectivity index (χ4n) is 2.25. The van der Waals surface area contributed by atoms with Gasteiger partial charge in [-0.1, -0.05) is 19.9 Å². The van der Waals surface area contributed by atoms with Crippen LogP contribution in [0.3, 0.4) is 0 Å². The number of aromatic nitrogens is 2. The zero-order valence-electron chi connectivity index (χ0n) is 14.0. The van der Waals surface area contributed by atoms with Gasteiger partial charge in [-0.3, -0.25) is 9.59 Å². The van der Waals surface area contributed by atoms with E-state index in [9.17, 15) is 9.59 Å². The minimum absolute atomic E-state index is 0.0564. The molecule has 1 N–H and O–H groups in total. The molecule has 23 heavy (non-hydrogen) atoms. The quantitative estimate of drug-likeness (QED) is 0.884. The monoisotopic (exact) mass is 333 g/mol. The van der Waals surface area contributed by atoms with E-state index in [1.54, 1.807) is 22.0 Å². The molecule has 0 atom stereocenters. The van der Waals surface area contributed by atoms with Crippen LogP contribution in [0.15, 0.2) is 23.0 Å². The van der Waals surface area contributed by atoms with Crippen LogP contribution in [0.25, 0.3) is 0 Å². The van der Waals surface area contributed by atoms with Crippen LogP contribution in [0, 0.1) is 13.8 Å². The van der Waals surface area contributed by atoms with Crippen molar-refractivity contribution >= 4 is 17.2 Å². The highest BCUT2D eigenvalue weighted by atomic mass is 32.1. The molecule has 2 aromatic heterocycles. The molecule has 2 heterocycles. The fraction of sp³-hybridized carbons (Fsp3) is 0.471. The third kappa shape index (κ3) is 4.51. The van der Waals surface area contributed by atoms with Gasteiger partial charge in [-0.2, -0.15) is 0 Å². The van der Waals surface area contributed by atoms with Crippen LogP contribution in [0.2, 0.25) is 0 Å². The number of hydrogen-bond donors (Lipinski definition) is 1. The molecule has 0 saturated carbocycles. The molecule has 1 amide bonds. The first-order chi connectivity index (χ1) is 10.9. The van der Waals surface area contributed by atoms with Crippen molar-refractivity contribution in [2.45, 2.75) is 53.1 Å². The minimum atomic E-state index is -0.0716. The minimum Gasteiger partial charge on any atom is -0.351 e. The largest absolute Gasteiger partial charge is 0.351 e. The molecule has 124 valence electrons. The van der Waals surface area contributed by atoms with Crippen molar-refractivity contribution < 1.29 is 4.79 Å². The molecule has 2 aromatic rings. The number of thiazole rings is 1. The smallest absolute Gasteiger partial charge is 0.250 e. The van der Waals surface area contributed by atoms with E-state index < -0.39 is 0 Å². The molecule has 2 rings (SSSR count). The van der Waals surface area contributed by atoms with E-state index in [4.69, 9.17) is 0 Å². The molecule has 0 spiro atoms. The summed E-state index contributed by atoms with van der Waals surface area (Å²) < 4.78 is 1.62. The number of aryl methyl sites for hydroxylation is 2. The van der Waals surface area contributed by atoms with Crippen molar-refractivity contribution in [2.75, 3.05) is 0 Å². The summed E-state index contributed by atoms with van der Waals surface area (Å²) in [4.78, 5) is 29.4. The second kappa shape index (κ2) is 7.55. The van der Waals surface area contributed by atoms with Gasteiger partial charge in [0.2, 0.25) is 5.91 Å². The molecule has 0 bridgehead atoms. The Labute approximate surface area is 140 Å². The number of amides is 1. The summed E-state index contributed by atoms with van der Waals surface area (Å²) in [6.45, 7) is 8.96. The summed E-state index contributed by atoms with van der Waals surface area (Å²) in [6.07, 6.45) is 0.291. The van der Waals surface area contributed by atoms with Gasteiger partial charge in [0.25, 0.3) is 5.56 Å². The lowest BCUT2D eigenvalue weighted by Crippen LogP contribution is -2.27. The van der Waals surface area contributed by atoms with E-state index in [0.29, 0.717) is 25.4 Å². The van der Waals surface area contributed by atoms with Gasteiger partial charge in [0.1, 0.15) is 0 Å². The molecule has 0 aliphatic heterocycles. The molecule has 0 aliphatic carbocycles. The summed E-state index contributed by atoms with van der Waals surface area (Å²) >= 11 is 1.65. The third-order valence-electron chi connectivity index (χ3n) is 3.68. The molecule has 6 heteroatoms. The Morgan fingerprint density at radius 3 is 2.70 bits per heavy atom. The molecule has 0 radical (unpaired) electrons. The van der Waals surface area contributed by atoms with E-state index in [1.807, 2.05) is 19.9 Å². The number of rotatable bonds is 6. The Morgan fingerprint density at radius 1 is 1.35 bits per heavy atom. The van der Waals surface area contributed by atoms with E-state index in [2.05, 4.69) is 24.1 Å². The highest BCUT2D eigenvalue weighted by molar-refractivity contribution is 7.11. The summed E-state index contributed by atoms with van der Waals surface area (Å²) in [5.74, 6) is 0.343. The summed E-state index contributed by atoms with van der Waals surface area (Å²) in [5, 5.41) is 4.01. The average molecular weight is 333 g/mol. The third-order valence-corrected chi connectivity index (χ3v) is 5.14. The molecule has 0 unspecified atom stereocenters. The lowest BCUT2D eigenvalue weighted by molar-refractivity contribution is -0.121. The second-order valence-electron chi connectivity index (χ2n) is 5.90. The Hall–Kier alpha value is -1.95.